The second kappa shape index (κ2) is 7.70. The third-order valence-electron chi connectivity index (χ3n) is 3.99. The molecule has 0 atom stereocenters. The predicted molar refractivity (Wildman–Crippen MR) is 93.7 cm³/mol. The summed E-state index contributed by atoms with van der Waals surface area (Å²) >= 11 is 0. The van der Waals surface area contributed by atoms with Gasteiger partial charge in [-0.2, -0.15) is 0 Å². The Kier molecular flexibility index (Phi) is 5.18. The lowest BCUT2D eigenvalue weighted by atomic mass is 10.1. The zero-order chi connectivity index (χ0) is 17.6. The van der Waals surface area contributed by atoms with Crippen LogP contribution in [0.25, 0.3) is 0 Å². The molecule has 0 aliphatic carbocycles. The summed E-state index contributed by atoms with van der Waals surface area (Å²) in [6.45, 7) is 2.59. The Morgan fingerprint density at radius 3 is 2.68 bits per heavy atom. The molecule has 2 N–H and O–H groups in total. The highest BCUT2D eigenvalue weighted by Crippen LogP contribution is 2.32. The lowest BCUT2D eigenvalue weighted by molar-refractivity contribution is -0.136. The van der Waals surface area contributed by atoms with Crippen molar-refractivity contribution in [3.8, 4) is 11.5 Å². The summed E-state index contributed by atoms with van der Waals surface area (Å²) < 4.78 is 10.6. The monoisotopic (exact) mass is 340 g/mol. The number of amides is 2. The van der Waals surface area contributed by atoms with E-state index in [4.69, 9.17) is 9.47 Å². The van der Waals surface area contributed by atoms with Crippen LogP contribution in [0.3, 0.4) is 0 Å². The van der Waals surface area contributed by atoms with Gasteiger partial charge < -0.3 is 20.1 Å². The molecule has 0 unspecified atom stereocenters. The average molecular weight is 340 g/mol. The van der Waals surface area contributed by atoms with Crippen LogP contribution in [0.5, 0.6) is 11.5 Å². The van der Waals surface area contributed by atoms with E-state index < -0.39 is 11.8 Å². The Labute approximate surface area is 146 Å². The van der Waals surface area contributed by atoms with Crippen molar-refractivity contribution < 1.29 is 19.1 Å². The normalized spacial score (nSPS) is 11.9. The average Bonchev–Trinajstić information content (AvgIpc) is 3.09. The Bertz CT molecular complexity index is 789. The number of hydrogen-bond acceptors (Lipinski definition) is 4. The summed E-state index contributed by atoms with van der Waals surface area (Å²) in [7, 11) is 0. The second-order valence-corrected chi connectivity index (χ2v) is 5.66. The molecule has 2 aromatic rings. The van der Waals surface area contributed by atoms with E-state index >= 15 is 0 Å². The highest BCUT2D eigenvalue weighted by Gasteiger charge is 2.15. The Morgan fingerprint density at radius 2 is 1.84 bits per heavy atom. The maximum absolute atomic E-state index is 12.0. The first-order valence-electron chi connectivity index (χ1n) is 8.23. The molecule has 0 radical (unpaired) electrons. The van der Waals surface area contributed by atoms with Gasteiger partial charge in [-0.25, -0.2) is 0 Å². The zero-order valence-corrected chi connectivity index (χ0v) is 14.0. The van der Waals surface area contributed by atoms with E-state index in [0.717, 1.165) is 23.3 Å². The molecule has 0 saturated heterocycles. The maximum Gasteiger partial charge on any atom is 0.313 e. The SMILES string of the molecule is CCc1ccccc1NC(=O)C(=O)NCCc1ccc2c(c1)OCO2. The molecule has 2 aromatic carbocycles. The van der Waals surface area contributed by atoms with Crippen LogP contribution in [-0.2, 0) is 22.4 Å². The van der Waals surface area contributed by atoms with Crippen LogP contribution in [0.15, 0.2) is 42.5 Å². The standard InChI is InChI=1S/C19H20N2O4/c1-2-14-5-3-4-6-15(14)21-19(23)18(22)20-10-9-13-7-8-16-17(11-13)25-12-24-16/h3-8,11H,2,9-10,12H2,1H3,(H,20,22)(H,21,23). The minimum absolute atomic E-state index is 0.231. The van der Waals surface area contributed by atoms with Gasteiger partial charge in [0.15, 0.2) is 11.5 Å². The zero-order valence-electron chi connectivity index (χ0n) is 14.0. The second-order valence-electron chi connectivity index (χ2n) is 5.66. The van der Waals surface area contributed by atoms with E-state index in [1.54, 1.807) is 6.07 Å². The number of nitrogens with one attached hydrogen (secondary N) is 2. The quantitative estimate of drug-likeness (QED) is 0.819. The summed E-state index contributed by atoms with van der Waals surface area (Å²) in [6.07, 6.45) is 1.38. The number of anilines is 1. The molecule has 1 aliphatic heterocycles. The third-order valence-corrected chi connectivity index (χ3v) is 3.99. The van der Waals surface area contributed by atoms with E-state index in [1.807, 2.05) is 43.3 Å². The van der Waals surface area contributed by atoms with Crippen molar-refractivity contribution in [1.82, 2.24) is 5.32 Å². The van der Waals surface area contributed by atoms with Gasteiger partial charge in [0, 0.05) is 12.2 Å². The molecule has 6 nitrogen and oxygen atoms in total. The smallest absolute Gasteiger partial charge is 0.313 e. The molecule has 25 heavy (non-hydrogen) atoms. The topological polar surface area (TPSA) is 76.7 Å². The Morgan fingerprint density at radius 1 is 1.04 bits per heavy atom. The van der Waals surface area contributed by atoms with Gasteiger partial charge in [0.2, 0.25) is 6.79 Å². The molecular formula is C19H20N2O4. The molecule has 0 saturated carbocycles. The van der Waals surface area contributed by atoms with Crippen LogP contribution in [0, 0.1) is 0 Å². The van der Waals surface area contributed by atoms with Crippen molar-refractivity contribution in [2.24, 2.45) is 0 Å². The molecule has 2 amide bonds. The number of aryl methyl sites for hydroxylation is 1. The molecule has 6 heteroatoms. The van der Waals surface area contributed by atoms with Crippen LogP contribution >= 0.6 is 0 Å². The van der Waals surface area contributed by atoms with Crippen molar-refractivity contribution in [2.75, 3.05) is 18.7 Å². The summed E-state index contributed by atoms with van der Waals surface area (Å²) in [5, 5.41) is 5.29. The fraction of sp³-hybridized carbons (Fsp3) is 0.263. The van der Waals surface area contributed by atoms with Crippen LogP contribution in [0.4, 0.5) is 5.69 Å². The highest BCUT2D eigenvalue weighted by atomic mass is 16.7. The van der Waals surface area contributed by atoms with Gasteiger partial charge in [-0.1, -0.05) is 31.2 Å². The van der Waals surface area contributed by atoms with E-state index in [2.05, 4.69) is 10.6 Å². The lowest BCUT2D eigenvalue weighted by Gasteiger charge is -2.10. The first-order valence-corrected chi connectivity index (χ1v) is 8.23. The molecule has 1 heterocycles. The van der Waals surface area contributed by atoms with Crippen molar-refractivity contribution in [3.63, 3.8) is 0 Å². The van der Waals surface area contributed by atoms with Crippen LogP contribution in [0.2, 0.25) is 0 Å². The molecule has 130 valence electrons. The lowest BCUT2D eigenvalue weighted by Crippen LogP contribution is -2.36. The van der Waals surface area contributed by atoms with Gasteiger partial charge >= 0.3 is 11.8 Å². The largest absolute Gasteiger partial charge is 0.454 e. The first-order chi connectivity index (χ1) is 12.2. The predicted octanol–water partition coefficient (Wildman–Crippen LogP) is 2.28. The van der Waals surface area contributed by atoms with Crippen LogP contribution in [0.1, 0.15) is 18.1 Å². The molecule has 0 spiro atoms. The number of rotatable bonds is 5. The van der Waals surface area contributed by atoms with Crippen molar-refractivity contribution >= 4 is 17.5 Å². The summed E-state index contributed by atoms with van der Waals surface area (Å²) in [5.41, 5.74) is 2.66. The van der Waals surface area contributed by atoms with Gasteiger partial charge in [-0.15, -0.1) is 0 Å². The Balaban J connectivity index is 1.49. The summed E-state index contributed by atoms with van der Waals surface area (Å²) in [4.78, 5) is 24.0. The van der Waals surface area contributed by atoms with Gasteiger partial charge in [0.25, 0.3) is 0 Å². The number of para-hydroxylation sites is 1. The Hall–Kier alpha value is -3.02. The van der Waals surface area contributed by atoms with Gasteiger partial charge in [0.05, 0.1) is 0 Å². The minimum atomic E-state index is -0.661. The number of carbonyl (C=O) groups is 2. The third kappa shape index (κ3) is 4.09. The fourth-order valence-electron chi connectivity index (χ4n) is 2.63. The van der Waals surface area contributed by atoms with E-state index in [9.17, 15) is 9.59 Å². The maximum atomic E-state index is 12.0. The molecule has 0 fully saturated rings. The first kappa shape index (κ1) is 16.8. The molecule has 0 bridgehead atoms. The van der Waals surface area contributed by atoms with Gasteiger partial charge in [-0.05, 0) is 42.2 Å². The number of hydrogen-bond donors (Lipinski definition) is 2. The number of fused-ring (bicyclic) bond motifs is 1. The fourth-order valence-corrected chi connectivity index (χ4v) is 2.63. The van der Waals surface area contributed by atoms with E-state index in [-0.39, 0.29) is 6.79 Å². The van der Waals surface area contributed by atoms with Crippen molar-refractivity contribution in [1.29, 1.82) is 0 Å². The van der Waals surface area contributed by atoms with E-state index in [0.29, 0.717) is 24.4 Å². The van der Waals surface area contributed by atoms with Crippen molar-refractivity contribution in [2.45, 2.75) is 19.8 Å². The molecule has 3 rings (SSSR count). The summed E-state index contributed by atoms with van der Waals surface area (Å²) in [6, 6.07) is 13.1. The highest BCUT2D eigenvalue weighted by molar-refractivity contribution is 6.39. The van der Waals surface area contributed by atoms with Gasteiger partial charge in [0.1, 0.15) is 0 Å². The van der Waals surface area contributed by atoms with Crippen molar-refractivity contribution in [3.05, 3.63) is 53.6 Å². The van der Waals surface area contributed by atoms with E-state index in [1.165, 1.54) is 0 Å². The summed E-state index contributed by atoms with van der Waals surface area (Å²) in [5.74, 6) is 0.123. The molecule has 0 aromatic heterocycles. The number of ether oxygens (including phenoxy) is 2. The van der Waals surface area contributed by atoms with Crippen LogP contribution < -0.4 is 20.1 Å². The van der Waals surface area contributed by atoms with Crippen LogP contribution in [-0.4, -0.2) is 25.2 Å². The van der Waals surface area contributed by atoms with Gasteiger partial charge in [-0.3, -0.25) is 9.59 Å². The number of carbonyl (C=O) groups excluding carboxylic acids is 2. The molecule has 1 aliphatic rings. The minimum Gasteiger partial charge on any atom is -0.454 e. The number of benzene rings is 2. The molecular weight excluding hydrogens is 320 g/mol.